The average Bonchev–Trinajstić information content (AvgIpc) is 2.01. The molecule has 0 amide bonds. The molecular weight excluding hydrogens is 162 g/mol. The van der Waals surface area contributed by atoms with E-state index in [4.69, 9.17) is 4.74 Å². The lowest BCUT2D eigenvalue weighted by Gasteiger charge is -2.50. The first-order valence-electron chi connectivity index (χ1n) is 5.53. The van der Waals surface area contributed by atoms with Gasteiger partial charge in [0.2, 0.25) is 0 Å². The molecular formula is C11H21NO. The molecule has 2 rings (SSSR count). The molecule has 2 aliphatic heterocycles. The van der Waals surface area contributed by atoms with E-state index in [0.29, 0.717) is 18.1 Å². The second-order valence-corrected chi connectivity index (χ2v) is 4.96. The van der Waals surface area contributed by atoms with Crippen LogP contribution in [0.1, 0.15) is 33.6 Å². The number of fused-ring (bicyclic) bond motifs is 2. The summed E-state index contributed by atoms with van der Waals surface area (Å²) in [5.41, 5.74) is 0. The molecule has 0 saturated carbocycles. The Balaban J connectivity index is 2.10. The van der Waals surface area contributed by atoms with Crippen LogP contribution >= 0.6 is 0 Å². The van der Waals surface area contributed by atoms with Crippen molar-refractivity contribution in [2.75, 3.05) is 13.2 Å². The Kier molecular flexibility index (Phi) is 2.61. The first-order valence-corrected chi connectivity index (χ1v) is 5.53. The smallest absolute Gasteiger partial charge is 0.0622 e. The van der Waals surface area contributed by atoms with Crippen LogP contribution in [0.2, 0.25) is 0 Å². The van der Waals surface area contributed by atoms with Crippen molar-refractivity contribution in [3.05, 3.63) is 0 Å². The Hall–Kier alpha value is -0.0800. The van der Waals surface area contributed by atoms with Crippen LogP contribution in [0.3, 0.4) is 0 Å². The van der Waals surface area contributed by atoms with Crippen LogP contribution in [-0.4, -0.2) is 36.2 Å². The molecule has 76 valence electrons. The zero-order valence-electron chi connectivity index (χ0n) is 8.99. The third kappa shape index (κ3) is 1.75. The maximum absolute atomic E-state index is 5.62. The number of hydrogen-bond acceptors (Lipinski definition) is 2. The van der Waals surface area contributed by atoms with Gasteiger partial charge in [-0.3, -0.25) is 4.90 Å². The van der Waals surface area contributed by atoms with Crippen molar-refractivity contribution >= 4 is 0 Å². The van der Waals surface area contributed by atoms with Gasteiger partial charge < -0.3 is 4.74 Å². The minimum atomic E-state index is 0.686. The number of nitrogens with zero attached hydrogens (tertiary/aromatic N) is 1. The van der Waals surface area contributed by atoms with Crippen molar-refractivity contribution in [2.45, 2.75) is 51.7 Å². The lowest BCUT2D eigenvalue weighted by molar-refractivity contribution is -0.0989. The van der Waals surface area contributed by atoms with Gasteiger partial charge in [0.1, 0.15) is 0 Å². The third-order valence-corrected chi connectivity index (χ3v) is 3.41. The highest BCUT2D eigenvalue weighted by molar-refractivity contribution is 4.91. The molecule has 2 heteroatoms. The monoisotopic (exact) mass is 183 g/mol. The van der Waals surface area contributed by atoms with Crippen LogP contribution in [-0.2, 0) is 4.74 Å². The Morgan fingerprint density at radius 3 is 2.15 bits per heavy atom. The van der Waals surface area contributed by atoms with Crippen LogP contribution in [0.25, 0.3) is 0 Å². The second kappa shape index (κ2) is 3.58. The molecule has 0 radical (unpaired) electrons. The van der Waals surface area contributed by atoms with Crippen molar-refractivity contribution in [1.82, 2.24) is 4.90 Å². The van der Waals surface area contributed by atoms with Crippen molar-refractivity contribution in [3.63, 3.8) is 0 Å². The van der Waals surface area contributed by atoms with E-state index in [9.17, 15) is 0 Å². The highest BCUT2D eigenvalue weighted by atomic mass is 16.5. The molecule has 2 fully saturated rings. The van der Waals surface area contributed by atoms with Crippen molar-refractivity contribution in [1.29, 1.82) is 0 Å². The lowest BCUT2D eigenvalue weighted by atomic mass is 9.85. The zero-order valence-corrected chi connectivity index (χ0v) is 8.99. The molecule has 0 aromatic rings. The highest BCUT2D eigenvalue weighted by Crippen LogP contribution is 2.32. The Morgan fingerprint density at radius 1 is 1.15 bits per heavy atom. The van der Waals surface area contributed by atoms with Gasteiger partial charge in [-0.25, -0.2) is 0 Å². The molecule has 2 aliphatic rings. The molecule has 2 bridgehead atoms. The molecule has 2 saturated heterocycles. The fraction of sp³-hybridized carbons (Fsp3) is 1.00. The molecule has 2 nitrogen and oxygen atoms in total. The first-order chi connectivity index (χ1) is 6.18. The summed E-state index contributed by atoms with van der Waals surface area (Å²) < 4.78 is 5.62. The SMILES string of the molecule is CC1CC2COCC(C1)N2C(C)C. The van der Waals surface area contributed by atoms with Gasteiger partial charge in [-0.1, -0.05) is 6.92 Å². The van der Waals surface area contributed by atoms with Crippen LogP contribution in [0, 0.1) is 5.92 Å². The van der Waals surface area contributed by atoms with Crippen molar-refractivity contribution < 1.29 is 4.74 Å². The maximum Gasteiger partial charge on any atom is 0.0622 e. The summed E-state index contributed by atoms with van der Waals surface area (Å²) in [5.74, 6) is 0.897. The zero-order chi connectivity index (χ0) is 9.42. The minimum absolute atomic E-state index is 0.686. The number of ether oxygens (including phenoxy) is 1. The molecule has 0 spiro atoms. The first kappa shape index (κ1) is 9.47. The molecule has 2 unspecified atom stereocenters. The largest absolute Gasteiger partial charge is 0.378 e. The van der Waals surface area contributed by atoms with Crippen LogP contribution < -0.4 is 0 Å². The van der Waals surface area contributed by atoms with Gasteiger partial charge >= 0.3 is 0 Å². The predicted molar refractivity (Wildman–Crippen MR) is 53.8 cm³/mol. The topological polar surface area (TPSA) is 12.5 Å². The van der Waals surface area contributed by atoms with Gasteiger partial charge in [-0.15, -0.1) is 0 Å². The van der Waals surface area contributed by atoms with E-state index in [1.54, 1.807) is 0 Å². The van der Waals surface area contributed by atoms with Crippen LogP contribution in [0.15, 0.2) is 0 Å². The Morgan fingerprint density at radius 2 is 1.69 bits per heavy atom. The maximum atomic E-state index is 5.62. The summed E-state index contributed by atoms with van der Waals surface area (Å²) in [7, 11) is 0. The Bertz CT molecular complexity index is 167. The third-order valence-electron chi connectivity index (χ3n) is 3.41. The van der Waals surface area contributed by atoms with E-state index in [1.807, 2.05) is 0 Å². The number of morpholine rings is 1. The molecule has 13 heavy (non-hydrogen) atoms. The minimum Gasteiger partial charge on any atom is -0.378 e. The summed E-state index contributed by atoms with van der Waals surface area (Å²) in [5, 5.41) is 0. The number of rotatable bonds is 1. The number of piperidine rings is 1. The summed E-state index contributed by atoms with van der Waals surface area (Å²) in [6, 6.07) is 2.08. The van der Waals surface area contributed by atoms with Gasteiger partial charge in [0.15, 0.2) is 0 Å². The van der Waals surface area contributed by atoms with E-state index < -0.39 is 0 Å². The van der Waals surface area contributed by atoms with Crippen LogP contribution in [0.5, 0.6) is 0 Å². The van der Waals surface area contributed by atoms with E-state index in [0.717, 1.165) is 19.1 Å². The highest BCUT2D eigenvalue weighted by Gasteiger charge is 2.38. The molecule has 0 aromatic carbocycles. The van der Waals surface area contributed by atoms with Gasteiger partial charge in [-0.05, 0) is 32.6 Å². The van der Waals surface area contributed by atoms with E-state index in [-0.39, 0.29) is 0 Å². The van der Waals surface area contributed by atoms with E-state index in [1.165, 1.54) is 12.8 Å². The second-order valence-electron chi connectivity index (χ2n) is 4.96. The molecule has 0 N–H and O–H groups in total. The molecule has 0 aromatic heterocycles. The lowest BCUT2D eigenvalue weighted by Crippen LogP contribution is -2.58. The summed E-state index contributed by atoms with van der Waals surface area (Å²) in [6.45, 7) is 8.91. The summed E-state index contributed by atoms with van der Waals surface area (Å²) >= 11 is 0. The normalized spacial score (nSPS) is 41.1. The average molecular weight is 183 g/mol. The van der Waals surface area contributed by atoms with E-state index in [2.05, 4.69) is 25.7 Å². The molecule has 0 aliphatic carbocycles. The molecule has 2 heterocycles. The van der Waals surface area contributed by atoms with Crippen LogP contribution in [0.4, 0.5) is 0 Å². The van der Waals surface area contributed by atoms with E-state index >= 15 is 0 Å². The summed E-state index contributed by atoms with van der Waals surface area (Å²) in [4.78, 5) is 2.67. The fourth-order valence-corrected chi connectivity index (χ4v) is 3.06. The van der Waals surface area contributed by atoms with Gasteiger partial charge in [0, 0.05) is 18.1 Å². The predicted octanol–water partition coefficient (Wildman–Crippen LogP) is 1.89. The molecule has 2 atom stereocenters. The summed E-state index contributed by atoms with van der Waals surface area (Å²) in [6.07, 6.45) is 2.66. The van der Waals surface area contributed by atoms with Gasteiger partial charge in [-0.2, -0.15) is 0 Å². The Labute approximate surface area is 81.3 Å². The quantitative estimate of drug-likeness (QED) is 0.615. The standard InChI is InChI=1S/C11H21NO/c1-8(2)12-10-4-9(3)5-11(12)7-13-6-10/h8-11H,4-7H2,1-3H3. The van der Waals surface area contributed by atoms with Gasteiger partial charge in [0.05, 0.1) is 13.2 Å². The van der Waals surface area contributed by atoms with Crippen molar-refractivity contribution in [2.24, 2.45) is 5.92 Å². The van der Waals surface area contributed by atoms with Gasteiger partial charge in [0.25, 0.3) is 0 Å². The van der Waals surface area contributed by atoms with Crippen molar-refractivity contribution in [3.8, 4) is 0 Å². The fourth-order valence-electron chi connectivity index (χ4n) is 3.06. The number of hydrogen-bond donors (Lipinski definition) is 0.